The van der Waals surface area contributed by atoms with Crippen LogP contribution in [0.3, 0.4) is 0 Å². The number of halogens is 4. The van der Waals surface area contributed by atoms with E-state index in [4.69, 9.17) is 0 Å². The zero-order valence-electron chi connectivity index (χ0n) is 10.4. The van der Waals surface area contributed by atoms with Crippen molar-refractivity contribution in [3.63, 3.8) is 0 Å². The minimum absolute atomic E-state index is 0.00856. The van der Waals surface area contributed by atoms with E-state index in [1.54, 1.807) is 0 Å². The lowest BCUT2D eigenvalue weighted by molar-refractivity contribution is -0.137. The van der Waals surface area contributed by atoms with E-state index in [1.165, 1.54) is 6.07 Å². The van der Waals surface area contributed by atoms with Crippen LogP contribution in [0.2, 0.25) is 0 Å². The van der Waals surface area contributed by atoms with Gasteiger partial charge in [0.25, 0.3) is 0 Å². The van der Waals surface area contributed by atoms with Crippen molar-refractivity contribution in [2.24, 2.45) is 5.92 Å². The number of nitrogens with zero attached hydrogens (tertiary/aromatic N) is 1. The third-order valence-electron chi connectivity index (χ3n) is 3.65. The molecule has 2 unspecified atom stereocenters. The largest absolute Gasteiger partial charge is 0.416 e. The Hall–Kier alpha value is -0.750. The molecular formula is C13H15BrF3NO. The highest BCUT2D eigenvalue weighted by Gasteiger charge is 2.34. The van der Waals surface area contributed by atoms with Gasteiger partial charge in [0.05, 0.1) is 23.9 Å². The monoisotopic (exact) mass is 337 g/mol. The molecule has 2 atom stereocenters. The zero-order valence-corrected chi connectivity index (χ0v) is 12.0. The van der Waals surface area contributed by atoms with E-state index in [-0.39, 0.29) is 12.6 Å². The first-order chi connectivity index (χ1) is 8.84. The first-order valence-corrected chi connectivity index (χ1v) is 6.88. The fraction of sp³-hybridized carbons (Fsp3) is 0.538. The van der Waals surface area contributed by atoms with Gasteiger partial charge in [0.15, 0.2) is 0 Å². The molecule has 1 aliphatic rings. The van der Waals surface area contributed by atoms with Gasteiger partial charge in [0.2, 0.25) is 0 Å². The van der Waals surface area contributed by atoms with Crippen molar-refractivity contribution in [3.8, 4) is 0 Å². The highest BCUT2D eigenvalue weighted by molar-refractivity contribution is 9.10. The predicted octanol–water partition coefficient (Wildman–Crippen LogP) is 3.68. The molecule has 0 bridgehead atoms. The Kier molecular flexibility index (Phi) is 4.11. The van der Waals surface area contributed by atoms with Crippen molar-refractivity contribution in [3.05, 3.63) is 28.2 Å². The van der Waals surface area contributed by atoms with Crippen molar-refractivity contribution >= 4 is 21.6 Å². The van der Waals surface area contributed by atoms with Crippen molar-refractivity contribution in [2.75, 3.05) is 18.1 Å². The summed E-state index contributed by atoms with van der Waals surface area (Å²) in [7, 11) is 0. The number of aliphatic hydroxyl groups is 1. The lowest BCUT2D eigenvalue weighted by Crippen LogP contribution is -2.35. The van der Waals surface area contributed by atoms with Crippen LogP contribution in [0, 0.1) is 5.92 Å². The van der Waals surface area contributed by atoms with Crippen molar-refractivity contribution in [1.82, 2.24) is 0 Å². The Morgan fingerprint density at radius 2 is 2.11 bits per heavy atom. The molecule has 2 nitrogen and oxygen atoms in total. The van der Waals surface area contributed by atoms with Crippen LogP contribution >= 0.6 is 15.9 Å². The smallest absolute Gasteiger partial charge is 0.394 e. The Morgan fingerprint density at radius 1 is 1.42 bits per heavy atom. The maximum atomic E-state index is 12.6. The molecule has 0 aromatic heterocycles. The van der Waals surface area contributed by atoms with Crippen LogP contribution in [0.4, 0.5) is 18.9 Å². The van der Waals surface area contributed by atoms with Gasteiger partial charge in [-0.25, -0.2) is 0 Å². The second kappa shape index (κ2) is 5.32. The standard InChI is InChI=1S/C13H15BrF3NO/c1-8-4-5-18(12(8)7-19)11-3-2-9(6-10(11)14)13(15,16)17/h2-3,6,8,12,19H,4-5,7H2,1H3. The SMILES string of the molecule is CC1CCN(c2ccc(C(F)(F)F)cc2Br)C1CO. The van der Waals surface area contributed by atoms with Crippen LogP contribution in [0.15, 0.2) is 22.7 Å². The van der Waals surface area contributed by atoms with Crippen molar-refractivity contribution in [2.45, 2.75) is 25.6 Å². The van der Waals surface area contributed by atoms with E-state index in [0.717, 1.165) is 25.1 Å². The van der Waals surface area contributed by atoms with Gasteiger partial charge >= 0.3 is 6.18 Å². The highest BCUT2D eigenvalue weighted by atomic mass is 79.9. The molecule has 6 heteroatoms. The van der Waals surface area contributed by atoms with E-state index in [2.05, 4.69) is 15.9 Å². The van der Waals surface area contributed by atoms with Gasteiger partial charge in [-0.1, -0.05) is 6.92 Å². The van der Waals surface area contributed by atoms with E-state index in [0.29, 0.717) is 16.1 Å². The van der Waals surface area contributed by atoms with Crippen LogP contribution in [-0.2, 0) is 6.18 Å². The number of anilines is 1. The van der Waals surface area contributed by atoms with Gasteiger partial charge in [0, 0.05) is 11.0 Å². The van der Waals surface area contributed by atoms with Crippen LogP contribution < -0.4 is 4.90 Å². The third-order valence-corrected chi connectivity index (χ3v) is 4.29. The summed E-state index contributed by atoms with van der Waals surface area (Å²) in [5.41, 5.74) is 0.0346. The van der Waals surface area contributed by atoms with Crippen LogP contribution in [0.1, 0.15) is 18.9 Å². The minimum Gasteiger partial charge on any atom is -0.394 e. The average Bonchev–Trinajstić information content (AvgIpc) is 2.69. The number of benzene rings is 1. The summed E-state index contributed by atoms with van der Waals surface area (Å²) in [4.78, 5) is 1.97. The molecule has 2 rings (SSSR count). The van der Waals surface area contributed by atoms with E-state index < -0.39 is 11.7 Å². The minimum atomic E-state index is -4.34. The molecule has 0 amide bonds. The maximum Gasteiger partial charge on any atom is 0.416 e. The van der Waals surface area contributed by atoms with Crippen LogP contribution in [0.5, 0.6) is 0 Å². The zero-order chi connectivity index (χ0) is 14.2. The molecule has 1 heterocycles. The third kappa shape index (κ3) is 2.89. The summed E-state index contributed by atoms with van der Waals surface area (Å²) in [5, 5.41) is 9.41. The number of aliphatic hydroxyl groups excluding tert-OH is 1. The Morgan fingerprint density at radius 3 is 2.63 bits per heavy atom. The predicted molar refractivity (Wildman–Crippen MR) is 71.1 cm³/mol. The summed E-state index contributed by atoms with van der Waals surface area (Å²) >= 11 is 3.20. The molecule has 1 saturated heterocycles. The lowest BCUT2D eigenvalue weighted by Gasteiger charge is -2.28. The van der Waals surface area contributed by atoms with Crippen molar-refractivity contribution < 1.29 is 18.3 Å². The summed E-state index contributed by atoms with van der Waals surface area (Å²) < 4.78 is 38.2. The van der Waals surface area contributed by atoms with Gasteiger partial charge in [-0.05, 0) is 46.5 Å². The number of rotatable bonds is 2. The van der Waals surface area contributed by atoms with E-state index >= 15 is 0 Å². The fourth-order valence-corrected chi connectivity index (χ4v) is 3.11. The fourth-order valence-electron chi connectivity index (χ4n) is 2.50. The second-order valence-electron chi connectivity index (χ2n) is 4.87. The topological polar surface area (TPSA) is 23.5 Å². The first-order valence-electron chi connectivity index (χ1n) is 6.09. The molecule has 1 aromatic rings. The molecule has 1 aromatic carbocycles. The molecular weight excluding hydrogens is 323 g/mol. The Labute approximate surface area is 118 Å². The quantitative estimate of drug-likeness (QED) is 0.889. The molecule has 0 radical (unpaired) electrons. The van der Waals surface area contributed by atoms with Gasteiger partial charge < -0.3 is 10.0 Å². The molecule has 0 aliphatic carbocycles. The lowest BCUT2D eigenvalue weighted by atomic mass is 10.0. The van der Waals surface area contributed by atoms with Gasteiger partial charge in [-0.15, -0.1) is 0 Å². The normalized spacial score (nSPS) is 24.0. The van der Waals surface area contributed by atoms with E-state index in [9.17, 15) is 18.3 Å². The van der Waals surface area contributed by atoms with E-state index in [1.807, 2.05) is 11.8 Å². The molecule has 1 fully saturated rings. The molecule has 1 N–H and O–H groups in total. The first kappa shape index (κ1) is 14.7. The Bertz CT molecular complexity index is 464. The summed E-state index contributed by atoms with van der Waals surface area (Å²) in [5.74, 6) is 0.333. The van der Waals surface area contributed by atoms with Gasteiger partial charge in [-0.3, -0.25) is 0 Å². The number of hydrogen-bond acceptors (Lipinski definition) is 2. The number of alkyl halides is 3. The van der Waals surface area contributed by atoms with Crippen LogP contribution in [-0.4, -0.2) is 24.3 Å². The van der Waals surface area contributed by atoms with Gasteiger partial charge in [-0.2, -0.15) is 13.2 Å². The highest BCUT2D eigenvalue weighted by Crippen LogP contribution is 2.38. The Balaban J connectivity index is 2.32. The number of hydrogen-bond donors (Lipinski definition) is 1. The maximum absolute atomic E-state index is 12.6. The van der Waals surface area contributed by atoms with Gasteiger partial charge in [0.1, 0.15) is 0 Å². The second-order valence-corrected chi connectivity index (χ2v) is 5.73. The molecule has 0 spiro atoms. The van der Waals surface area contributed by atoms with Crippen molar-refractivity contribution in [1.29, 1.82) is 0 Å². The molecule has 106 valence electrons. The molecule has 0 saturated carbocycles. The molecule has 1 aliphatic heterocycles. The summed E-state index contributed by atoms with van der Waals surface area (Å²) in [6, 6.07) is 3.60. The average molecular weight is 338 g/mol. The summed E-state index contributed by atoms with van der Waals surface area (Å²) in [6.07, 6.45) is -3.41. The van der Waals surface area contributed by atoms with Crippen LogP contribution in [0.25, 0.3) is 0 Å². The molecule has 19 heavy (non-hydrogen) atoms. The summed E-state index contributed by atoms with van der Waals surface area (Å²) in [6.45, 7) is 2.80.